The molecule has 1 heterocycles. The van der Waals surface area contributed by atoms with Gasteiger partial charge in [-0.15, -0.1) is 11.3 Å². The maximum absolute atomic E-state index is 12.5. The summed E-state index contributed by atoms with van der Waals surface area (Å²) in [6.07, 6.45) is 4.08. The molecule has 1 unspecified atom stereocenters. The van der Waals surface area contributed by atoms with Crippen molar-refractivity contribution in [2.75, 3.05) is 13.7 Å². The first-order valence-corrected chi connectivity index (χ1v) is 9.56. The highest BCUT2D eigenvalue weighted by Gasteiger charge is 2.37. The third-order valence-corrected chi connectivity index (χ3v) is 6.56. The van der Waals surface area contributed by atoms with Gasteiger partial charge in [0.15, 0.2) is 0 Å². The highest BCUT2D eigenvalue weighted by atomic mass is 32.1. The predicted octanol–water partition coefficient (Wildman–Crippen LogP) is 4.05. The monoisotopic (exact) mass is 359 g/mol. The van der Waals surface area contributed by atoms with Gasteiger partial charge in [0, 0.05) is 27.3 Å². The lowest BCUT2D eigenvalue weighted by Crippen LogP contribution is -2.38. The van der Waals surface area contributed by atoms with Crippen LogP contribution in [0.2, 0.25) is 0 Å². The first kappa shape index (κ1) is 18.0. The number of aliphatic hydroxyl groups excluding tert-OH is 1. The van der Waals surface area contributed by atoms with E-state index >= 15 is 0 Å². The molecule has 1 atom stereocenters. The molecule has 1 saturated carbocycles. The number of hydrogen-bond donors (Lipinski definition) is 2. The Bertz CT molecular complexity index is 715. The van der Waals surface area contributed by atoms with E-state index in [4.69, 9.17) is 4.74 Å². The van der Waals surface area contributed by atoms with Crippen LogP contribution < -0.4 is 10.1 Å². The van der Waals surface area contributed by atoms with Crippen LogP contribution in [0, 0.1) is 0 Å². The quantitative estimate of drug-likeness (QED) is 0.818. The van der Waals surface area contributed by atoms with Crippen LogP contribution in [-0.2, 0) is 5.41 Å². The van der Waals surface area contributed by atoms with Crippen molar-refractivity contribution in [1.82, 2.24) is 5.32 Å². The Morgan fingerprint density at radius 2 is 1.92 bits per heavy atom. The van der Waals surface area contributed by atoms with Crippen LogP contribution >= 0.6 is 11.3 Å². The highest BCUT2D eigenvalue weighted by Crippen LogP contribution is 2.44. The van der Waals surface area contributed by atoms with Gasteiger partial charge in [-0.25, -0.2) is 0 Å². The third kappa shape index (κ3) is 3.88. The lowest BCUT2D eigenvalue weighted by atomic mass is 9.84. The summed E-state index contributed by atoms with van der Waals surface area (Å²) in [5.74, 6) is 0.689. The molecule has 4 nitrogen and oxygen atoms in total. The number of methoxy groups -OCH3 is 1. The zero-order valence-electron chi connectivity index (χ0n) is 14.7. The fourth-order valence-corrected chi connectivity index (χ4v) is 4.71. The second kappa shape index (κ2) is 7.58. The van der Waals surface area contributed by atoms with Gasteiger partial charge in [-0.2, -0.15) is 0 Å². The van der Waals surface area contributed by atoms with E-state index in [9.17, 15) is 9.90 Å². The van der Waals surface area contributed by atoms with Crippen LogP contribution in [0.1, 0.15) is 58.8 Å². The van der Waals surface area contributed by atoms with Crippen molar-refractivity contribution in [3.63, 3.8) is 0 Å². The number of benzene rings is 1. The molecule has 0 saturated heterocycles. The van der Waals surface area contributed by atoms with E-state index in [1.807, 2.05) is 6.07 Å². The number of rotatable bonds is 6. The van der Waals surface area contributed by atoms with Gasteiger partial charge in [0.25, 0.3) is 5.91 Å². The zero-order chi connectivity index (χ0) is 17.9. The minimum absolute atomic E-state index is 0.0000625. The van der Waals surface area contributed by atoms with Crippen LogP contribution in [-0.4, -0.2) is 24.7 Å². The number of carbonyl (C=O) groups excluding carboxylic acids is 1. The average molecular weight is 359 g/mol. The maximum Gasteiger partial charge on any atom is 0.251 e. The van der Waals surface area contributed by atoms with Gasteiger partial charge in [0.2, 0.25) is 0 Å². The maximum atomic E-state index is 12.5. The largest absolute Gasteiger partial charge is 0.497 e. The molecule has 0 bridgehead atoms. The van der Waals surface area contributed by atoms with E-state index < -0.39 is 6.10 Å². The summed E-state index contributed by atoms with van der Waals surface area (Å²) in [4.78, 5) is 14.8. The second-order valence-electron chi connectivity index (χ2n) is 6.78. The number of aliphatic hydroxyl groups is 1. The number of ether oxygens (including phenoxy) is 1. The summed E-state index contributed by atoms with van der Waals surface area (Å²) >= 11 is 1.67. The van der Waals surface area contributed by atoms with E-state index in [1.54, 1.807) is 49.6 Å². The average Bonchev–Trinajstić information content (AvgIpc) is 3.30. The molecular weight excluding hydrogens is 334 g/mol. The third-order valence-electron chi connectivity index (χ3n) is 5.06. The Morgan fingerprint density at radius 3 is 2.48 bits per heavy atom. The lowest BCUT2D eigenvalue weighted by Gasteiger charge is -2.28. The van der Waals surface area contributed by atoms with Crippen LogP contribution in [0.4, 0.5) is 0 Å². The van der Waals surface area contributed by atoms with Crippen molar-refractivity contribution < 1.29 is 14.6 Å². The van der Waals surface area contributed by atoms with Gasteiger partial charge in [-0.05, 0) is 56.2 Å². The molecule has 5 heteroatoms. The van der Waals surface area contributed by atoms with Crippen molar-refractivity contribution in [2.45, 2.75) is 44.1 Å². The smallest absolute Gasteiger partial charge is 0.251 e. The molecule has 134 valence electrons. The molecule has 1 aliphatic rings. The van der Waals surface area contributed by atoms with Gasteiger partial charge in [0.1, 0.15) is 5.75 Å². The molecule has 25 heavy (non-hydrogen) atoms. The summed E-state index contributed by atoms with van der Waals surface area (Å²) in [5.41, 5.74) is 0.643. The summed E-state index contributed by atoms with van der Waals surface area (Å²) in [6, 6.07) is 11.3. The molecular formula is C20H25NO3S. The van der Waals surface area contributed by atoms with E-state index in [2.05, 4.69) is 11.4 Å². The fraction of sp³-hybridized carbons (Fsp3) is 0.450. The number of nitrogens with one attached hydrogen (secondary N) is 1. The summed E-state index contributed by atoms with van der Waals surface area (Å²) in [7, 11) is 1.61. The van der Waals surface area contributed by atoms with E-state index in [-0.39, 0.29) is 11.3 Å². The minimum Gasteiger partial charge on any atom is -0.497 e. The molecule has 2 N–H and O–H groups in total. The van der Waals surface area contributed by atoms with Gasteiger partial charge in [-0.3, -0.25) is 4.79 Å². The molecule has 0 aliphatic heterocycles. The summed E-state index contributed by atoms with van der Waals surface area (Å²) in [6.45, 7) is 2.43. The number of carbonyl (C=O) groups is 1. The van der Waals surface area contributed by atoms with Crippen molar-refractivity contribution >= 4 is 17.2 Å². The number of amides is 1. The Labute approximate surface area is 152 Å². The number of thiophene rings is 1. The van der Waals surface area contributed by atoms with Crippen LogP contribution in [0.5, 0.6) is 5.75 Å². The van der Waals surface area contributed by atoms with Gasteiger partial charge >= 0.3 is 0 Å². The fourth-order valence-electron chi connectivity index (χ4n) is 3.52. The van der Waals surface area contributed by atoms with Crippen molar-refractivity contribution in [2.24, 2.45) is 0 Å². The molecule has 0 spiro atoms. The molecule has 1 fully saturated rings. The zero-order valence-corrected chi connectivity index (χ0v) is 15.6. The topological polar surface area (TPSA) is 58.6 Å². The molecule has 3 rings (SSSR count). The van der Waals surface area contributed by atoms with Crippen LogP contribution in [0.15, 0.2) is 36.4 Å². The normalized spacial score (nSPS) is 17.2. The standard InChI is InChI=1S/C20H25NO3S/c1-14(22)17-9-10-18(25-17)20(11-3-4-12-20)13-21-19(23)15-5-7-16(24-2)8-6-15/h5-10,14,22H,3-4,11-13H2,1-2H3,(H,21,23). The molecule has 2 aromatic rings. The van der Waals surface area contributed by atoms with Crippen molar-refractivity contribution in [1.29, 1.82) is 0 Å². The van der Waals surface area contributed by atoms with Crippen LogP contribution in [0.25, 0.3) is 0 Å². The highest BCUT2D eigenvalue weighted by molar-refractivity contribution is 7.12. The first-order chi connectivity index (χ1) is 12.0. The Kier molecular flexibility index (Phi) is 5.45. The predicted molar refractivity (Wildman–Crippen MR) is 100 cm³/mol. The van der Waals surface area contributed by atoms with E-state index in [0.29, 0.717) is 12.1 Å². The second-order valence-corrected chi connectivity index (χ2v) is 7.89. The lowest BCUT2D eigenvalue weighted by molar-refractivity contribution is 0.0943. The summed E-state index contributed by atoms with van der Waals surface area (Å²) in [5, 5.41) is 12.9. The minimum atomic E-state index is -0.439. The molecule has 1 aliphatic carbocycles. The molecule has 1 aromatic heterocycles. The summed E-state index contributed by atoms with van der Waals surface area (Å²) < 4.78 is 5.13. The molecule has 0 radical (unpaired) electrons. The first-order valence-electron chi connectivity index (χ1n) is 8.75. The molecule has 1 amide bonds. The Morgan fingerprint density at radius 1 is 1.24 bits per heavy atom. The van der Waals surface area contributed by atoms with Gasteiger partial charge in [-0.1, -0.05) is 12.8 Å². The number of hydrogen-bond acceptors (Lipinski definition) is 4. The molecule has 1 aromatic carbocycles. The Balaban J connectivity index is 1.72. The SMILES string of the molecule is COc1ccc(C(=O)NCC2(c3ccc(C(C)O)s3)CCCC2)cc1. The van der Waals surface area contributed by atoms with Crippen molar-refractivity contribution in [3.8, 4) is 5.75 Å². The van der Waals surface area contributed by atoms with E-state index in [0.717, 1.165) is 23.5 Å². The van der Waals surface area contributed by atoms with Crippen LogP contribution in [0.3, 0.4) is 0 Å². The van der Waals surface area contributed by atoms with Gasteiger partial charge in [0.05, 0.1) is 13.2 Å². The van der Waals surface area contributed by atoms with Crippen molar-refractivity contribution in [3.05, 3.63) is 51.7 Å². The van der Waals surface area contributed by atoms with E-state index in [1.165, 1.54) is 17.7 Å². The Hall–Kier alpha value is -1.85. The van der Waals surface area contributed by atoms with Gasteiger partial charge < -0.3 is 15.2 Å².